The number of ether oxygens (including phenoxy) is 1. The number of hydrogen-bond acceptors (Lipinski definition) is 3. The van der Waals surface area contributed by atoms with Gasteiger partial charge in [0.05, 0.1) is 0 Å². The maximum Gasteiger partial charge on any atom is 0.162 e. The largest absolute Gasteiger partial charge is 0.370 e. The van der Waals surface area contributed by atoms with Crippen LogP contribution in [0.3, 0.4) is 0 Å². The van der Waals surface area contributed by atoms with E-state index in [9.17, 15) is 0 Å². The van der Waals surface area contributed by atoms with Gasteiger partial charge in [-0.2, -0.15) is 0 Å². The number of hydrogen-bond donors (Lipinski definition) is 0. The van der Waals surface area contributed by atoms with Crippen molar-refractivity contribution in [1.29, 1.82) is 0 Å². The SMILES string of the molecule is CCCc1cc(Cl)nc(C2(OC)CCC(C)CC2)n1. The Balaban J connectivity index is 2.32. The summed E-state index contributed by atoms with van der Waals surface area (Å²) >= 11 is 6.15. The van der Waals surface area contributed by atoms with E-state index in [4.69, 9.17) is 21.3 Å². The van der Waals surface area contributed by atoms with Crippen LogP contribution in [-0.2, 0) is 16.8 Å². The van der Waals surface area contributed by atoms with E-state index in [2.05, 4.69) is 18.8 Å². The van der Waals surface area contributed by atoms with Crippen molar-refractivity contribution < 1.29 is 4.74 Å². The van der Waals surface area contributed by atoms with Crippen LogP contribution in [0.1, 0.15) is 57.5 Å². The van der Waals surface area contributed by atoms with Gasteiger partial charge in [-0.25, -0.2) is 9.97 Å². The first kappa shape index (κ1) is 14.7. The van der Waals surface area contributed by atoms with E-state index in [0.717, 1.165) is 56.0 Å². The number of nitrogens with zero attached hydrogens (tertiary/aromatic N) is 2. The summed E-state index contributed by atoms with van der Waals surface area (Å²) in [5.74, 6) is 1.54. The minimum atomic E-state index is -0.333. The number of aromatic nitrogens is 2. The molecule has 0 saturated heterocycles. The predicted molar refractivity (Wildman–Crippen MR) is 77.4 cm³/mol. The quantitative estimate of drug-likeness (QED) is 0.779. The Bertz CT molecular complexity index is 428. The van der Waals surface area contributed by atoms with Crippen LogP contribution in [0.2, 0.25) is 5.15 Å². The van der Waals surface area contributed by atoms with Crippen LogP contribution in [0.4, 0.5) is 0 Å². The molecule has 1 fully saturated rings. The van der Waals surface area contributed by atoms with Crippen LogP contribution in [0, 0.1) is 5.92 Å². The lowest BCUT2D eigenvalue weighted by Gasteiger charge is -2.37. The third-order valence-corrected chi connectivity index (χ3v) is 4.33. The summed E-state index contributed by atoms with van der Waals surface area (Å²) < 4.78 is 5.82. The molecule has 0 amide bonds. The lowest BCUT2D eigenvalue weighted by atomic mass is 9.79. The van der Waals surface area contributed by atoms with E-state index in [0.29, 0.717) is 5.15 Å². The Labute approximate surface area is 120 Å². The molecule has 1 aromatic heterocycles. The maximum atomic E-state index is 6.15. The molecule has 0 N–H and O–H groups in total. The first-order valence-electron chi connectivity index (χ1n) is 7.18. The third-order valence-electron chi connectivity index (χ3n) is 4.13. The molecule has 19 heavy (non-hydrogen) atoms. The van der Waals surface area contributed by atoms with E-state index in [-0.39, 0.29) is 5.60 Å². The summed E-state index contributed by atoms with van der Waals surface area (Å²) in [4.78, 5) is 9.13. The minimum absolute atomic E-state index is 0.333. The Hall–Kier alpha value is -0.670. The normalized spacial score (nSPS) is 27.5. The molecule has 106 valence electrons. The van der Waals surface area contributed by atoms with Crippen molar-refractivity contribution in [3.63, 3.8) is 0 Å². The summed E-state index contributed by atoms with van der Waals surface area (Å²) in [5, 5.41) is 0.531. The van der Waals surface area contributed by atoms with Gasteiger partial charge in [-0.15, -0.1) is 0 Å². The zero-order chi connectivity index (χ0) is 13.9. The van der Waals surface area contributed by atoms with Crippen molar-refractivity contribution in [2.75, 3.05) is 7.11 Å². The molecule has 1 aliphatic rings. The second-order valence-corrected chi connectivity index (χ2v) is 6.02. The molecule has 4 heteroatoms. The minimum Gasteiger partial charge on any atom is -0.370 e. The van der Waals surface area contributed by atoms with Gasteiger partial charge in [-0.3, -0.25) is 0 Å². The highest BCUT2D eigenvalue weighted by Crippen LogP contribution is 2.40. The van der Waals surface area contributed by atoms with Crippen LogP contribution in [0.5, 0.6) is 0 Å². The van der Waals surface area contributed by atoms with Crippen molar-refractivity contribution >= 4 is 11.6 Å². The summed E-state index contributed by atoms with van der Waals surface area (Å²) in [6.45, 7) is 4.44. The second kappa shape index (κ2) is 6.19. The van der Waals surface area contributed by atoms with E-state index in [1.807, 2.05) is 6.07 Å². The Kier molecular flexibility index (Phi) is 4.80. The second-order valence-electron chi connectivity index (χ2n) is 5.64. The highest BCUT2D eigenvalue weighted by molar-refractivity contribution is 6.29. The molecule has 0 radical (unpaired) electrons. The van der Waals surface area contributed by atoms with Crippen LogP contribution in [0.15, 0.2) is 6.07 Å². The van der Waals surface area contributed by atoms with Gasteiger partial charge < -0.3 is 4.74 Å². The van der Waals surface area contributed by atoms with Crippen molar-refractivity contribution in [1.82, 2.24) is 9.97 Å². The monoisotopic (exact) mass is 282 g/mol. The van der Waals surface area contributed by atoms with Gasteiger partial charge in [0, 0.05) is 12.8 Å². The predicted octanol–water partition coefficient (Wildman–Crippen LogP) is 4.13. The van der Waals surface area contributed by atoms with Gasteiger partial charge in [0.1, 0.15) is 10.8 Å². The molecular weight excluding hydrogens is 260 g/mol. The zero-order valence-corrected chi connectivity index (χ0v) is 12.8. The molecule has 0 atom stereocenters. The molecule has 1 aromatic rings. The lowest BCUT2D eigenvalue weighted by Crippen LogP contribution is -2.35. The molecular formula is C15H23ClN2O. The van der Waals surface area contributed by atoms with Gasteiger partial charge in [-0.1, -0.05) is 31.9 Å². The van der Waals surface area contributed by atoms with Crippen molar-refractivity contribution in [2.45, 2.75) is 58.0 Å². The third kappa shape index (κ3) is 3.26. The highest BCUT2D eigenvalue weighted by atomic mass is 35.5. The molecule has 0 aliphatic heterocycles. The molecule has 2 rings (SSSR count). The molecule has 1 heterocycles. The zero-order valence-electron chi connectivity index (χ0n) is 12.1. The van der Waals surface area contributed by atoms with Crippen molar-refractivity contribution in [3.8, 4) is 0 Å². The summed E-state index contributed by atoms with van der Waals surface area (Å²) in [5.41, 5.74) is 0.687. The summed E-state index contributed by atoms with van der Waals surface area (Å²) in [7, 11) is 1.76. The molecule has 3 nitrogen and oxygen atoms in total. The Morgan fingerprint density at radius 3 is 2.63 bits per heavy atom. The van der Waals surface area contributed by atoms with Crippen LogP contribution < -0.4 is 0 Å². The molecule has 0 bridgehead atoms. The molecule has 1 aliphatic carbocycles. The van der Waals surface area contributed by atoms with Crippen molar-refractivity contribution in [2.24, 2.45) is 5.92 Å². The van der Waals surface area contributed by atoms with E-state index < -0.39 is 0 Å². The Morgan fingerprint density at radius 1 is 1.37 bits per heavy atom. The van der Waals surface area contributed by atoms with Gasteiger partial charge >= 0.3 is 0 Å². The average Bonchev–Trinajstić information content (AvgIpc) is 2.40. The first-order chi connectivity index (χ1) is 9.09. The molecule has 0 unspecified atom stereocenters. The highest BCUT2D eigenvalue weighted by Gasteiger charge is 2.38. The van der Waals surface area contributed by atoms with Crippen LogP contribution >= 0.6 is 11.6 Å². The van der Waals surface area contributed by atoms with Gasteiger partial charge in [0.25, 0.3) is 0 Å². The van der Waals surface area contributed by atoms with Crippen molar-refractivity contribution in [3.05, 3.63) is 22.7 Å². The van der Waals surface area contributed by atoms with Gasteiger partial charge in [0.2, 0.25) is 0 Å². The van der Waals surface area contributed by atoms with E-state index >= 15 is 0 Å². The van der Waals surface area contributed by atoms with Crippen LogP contribution in [0.25, 0.3) is 0 Å². The fourth-order valence-corrected chi connectivity index (χ4v) is 3.01. The van der Waals surface area contributed by atoms with E-state index in [1.165, 1.54) is 0 Å². The van der Waals surface area contributed by atoms with Crippen LogP contribution in [-0.4, -0.2) is 17.1 Å². The van der Waals surface area contributed by atoms with Gasteiger partial charge in [-0.05, 0) is 44.1 Å². The summed E-state index contributed by atoms with van der Waals surface area (Å²) in [6, 6.07) is 1.86. The summed E-state index contributed by atoms with van der Waals surface area (Å²) in [6.07, 6.45) is 6.28. The lowest BCUT2D eigenvalue weighted by molar-refractivity contribution is -0.0598. The number of rotatable bonds is 4. The average molecular weight is 283 g/mol. The molecule has 0 aromatic carbocycles. The smallest absolute Gasteiger partial charge is 0.162 e. The van der Waals surface area contributed by atoms with Gasteiger partial charge in [0.15, 0.2) is 5.82 Å². The molecule has 0 spiro atoms. The number of methoxy groups -OCH3 is 1. The first-order valence-corrected chi connectivity index (χ1v) is 7.56. The number of aryl methyl sites for hydroxylation is 1. The number of halogens is 1. The Morgan fingerprint density at radius 2 is 2.05 bits per heavy atom. The standard InChI is InChI=1S/C15H23ClN2O/c1-4-5-12-10-13(16)18-14(17-12)15(19-3)8-6-11(2)7-9-15/h10-11H,4-9H2,1-3H3. The molecule has 1 saturated carbocycles. The fraction of sp³-hybridized carbons (Fsp3) is 0.733. The fourth-order valence-electron chi connectivity index (χ4n) is 2.80. The maximum absolute atomic E-state index is 6.15. The topological polar surface area (TPSA) is 35.0 Å². The van der Waals surface area contributed by atoms with E-state index in [1.54, 1.807) is 7.11 Å².